The monoisotopic (exact) mass is 350 g/mol. The predicted molar refractivity (Wildman–Crippen MR) is 86.3 cm³/mol. The fourth-order valence-corrected chi connectivity index (χ4v) is 4.36. The molecule has 0 bridgehead atoms. The van der Waals surface area contributed by atoms with Gasteiger partial charge in [0.1, 0.15) is 4.90 Å². The normalized spacial score (nSPS) is 17.0. The van der Waals surface area contributed by atoms with Gasteiger partial charge in [0.05, 0.1) is 5.02 Å². The van der Waals surface area contributed by atoms with Gasteiger partial charge in [-0.05, 0) is 49.4 Å². The lowest BCUT2D eigenvalue weighted by Gasteiger charge is -2.15. The van der Waals surface area contributed by atoms with Gasteiger partial charge >= 0.3 is 0 Å². The number of halogens is 2. The van der Waals surface area contributed by atoms with Crippen LogP contribution in [0.2, 0.25) is 10.0 Å². The largest absolute Gasteiger partial charge is 0.316 e. The van der Waals surface area contributed by atoms with E-state index in [0.29, 0.717) is 35.5 Å². The third-order valence-electron chi connectivity index (χ3n) is 3.76. The van der Waals surface area contributed by atoms with Crippen molar-refractivity contribution in [3.8, 4) is 0 Å². The van der Waals surface area contributed by atoms with Crippen LogP contribution >= 0.6 is 23.2 Å². The van der Waals surface area contributed by atoms with Crippen LogP contribution in [0.15, 0.2) is 17.0 Å². The van der Waals surface area contributed by atoms with Gasteiger partial charge < -0.3 is 5.32 Å². The first-order chi connectivity index (χ1) is 9.85. The van der Waals surface area contributed by atoms with E-state index >= 15 is 0 Å². The predicted octanol–water partition coefficient (Wildman–Crippen LogP) is 3.04. The Balaban J connectivity index is 2.21. The molecule has 1 aliphatic carbocycles. The molecule has 2 rings (SSSR count). The molecule has 0 heterocycles. The summed E-state index contributed by atoms with van der Waals surface area (Å²) in [5.41, 5.74) is 0.669. The first-order valence-corrected chi connectivity index (χ1v) is 9.21. The first-order valence-electron chi connectivity index (χ1n) is 6.97. The molecular formula is C14H20Cl2N2O2S. The van der Waals surface area contributed by atoms with Crippen molar-refractivity contribution in [3.05, 3.63) is 27.7 Å². The lowest BCUT2D eigenvalue weighted by Crippen LogP contribution is -2.29. The van der Waals surface area contributed by atoms with Crippen LogP contribution in [0.1, 0.15) is 25.3 Å². The van der Waals surface area contributed by atoms with Gasteiger partial charge in [-0.3, -0.25) is 0 Å². The molecule has 4 nitrogen and oxygen atoms in total. The number of sulfonamides is 1. The number of hydrogen-bond acceptors (Lipinski definition) is 3. The van der Waals surface area contributed by atoms with Gasteiger partial charge in [0, 0.05) is 18.1 Å². The zero-order chi connectivity index (χ0) is 15.6. The number of hydrogen-bond donors (Lipinski definition) is 2. The number of rotatable bonds is 7. The van der Waals surface area contributed by atoms with E-state index in [0.717, 1.165) is 0 Å². The van der Waals surface area contributed by atoms with Crippen molar-refractivity contribution in [1.29, 1.82) is 0 Å². The standard InChI is InChI=1S/C14H20Cl2N2O2S/c1-9(10-3-4-10)7-18-21(19,20)13-6-12(15)5-11(8-17-2)14(13)16/h5-6,9-10,17-18H,3-4,7-8H2,1-2H3. The van der Waals surface area contributed by atoms with E-state index in [2.05, 4.69) is 17.0 Å². The lowest BCUT2D eigenvalue weighted by atomic mass is 10.1. The summed E-state index contributed by atoms with van der Waals surface area (Å²) in [6, 6.07) is 3.07. The van der Waals surface area contributed by atoms with E-state index in [1.165, 1.54) is 18.9 Å². The molecule has 0 aromatic heterocycles. The molecule has 2 N–H and O–H groups in total. The molecule has 1 unspecified atom stereocenters. The van der Waals surface area contributed by atoms with Crippen molar-refractivity contribution in [1.82, 2.24) is 10.0 Å². The molecule has 0 aliphatic heterocycles. The van der Waals surface area contributed by atoms with Crippen molar-refractivity contribution in [2.24, 2.45) is 11.8 Å². The van der Waals surface area contributed by atoms with Gasteiger partial charge in [-0.1, -0.05) is 30.1 Å². The van der Waals surface area contributed by atoms with Crippen LogP contribution in [-0.4, -0.2) is 22.0 Å². The fraction of sp³-hybridized carbons (Fsp3) is 0.571. The zero-order valence-corrected chi connectivity index (χ0v) is 14.4. The van der Waals surface area contributed by atoms with Crippen LogP contribution < -0.4 is 10.0 Å². The number of nitrogens with one attached hydrogen (secondary N) is 2. The lowest BCUT2D eigenvalue weighted by molar-refractivity contribution is 0.492. The van der Waals surface area contributed by atoms with Crippen molar-refractivity contribution in [2.45, 2.75) is 31.2 Å². The highest BCUT2D eigenvalue weighted by Crippen LogP contribution is 2.36. The summed E-state index contributed by atoms with van der Waals surface area (Å²) >= 11 is 12.2. The minimum Gasteiger partial charge on any atom is -0.316 e. The first kappa shape index (κ1) is 17.0. The third kappa shape index (κ3) is 4.33. The molecule has 0 saturated heterocycles. The molecule has 7 heteroatoms. The maximum Gasteiger partial charge on any atom is 0.242 e. The summed E-state index contributed by atoms with van der Waals surface area (Å²) in [5, 5.41) is 3.53. The van der Waals surface area contributed by atoms with Crippen LogP contribution in [0.3, 0.4) is 0 Å². The van der Waals surface area contributed by atoms with E-state index < -0.39 is 10.0 Å². The molecule has 0 amide bonds. The average molecular weight is 351 g/mol. The average Bonchev–Trinajstić information content (AvgIpc) is 3.24. The highest BCUT2D eigenvalue weighted by molar-refractivity contribution is 7.89. The van der Waals surface area contributed by atoms with E-state index in [9.17, 15) is 8.42 Å². The Morgan fingerprint density at radius 1 is 1.33 bits per heavy atom. The molecule has 1 atom stereocenters. The Bertz CT molecular complexity index is 616. The molecule has 0 radical (unpaired) electrons. The summed E-state index contributed by atoms with van der Waals surface area (Å²) < 4.78 is 27.5. The van der Waals surface area contributed by atoms with Gasteiger partial charge in [-0.25, -0.2) is 13.1 Å². The molecule has 1 saturated carbocycles. The number of benzene rings is 1. The Kier molecular flexibility index (Phi) is 5.54. The highest BCUT2D eigenvalue weighted by atomic mass is 35.5. The molecule has 1 aromatic rings. The smallest absolute Gasteiger partial charge is 0.242 e. The molecule has 1 aromatic carbocycles. The summed E-state index contributed by atoms with van der Waals surface area (Å²) in [6.07, 6.45) is 2.38. The Hall–Kier alpha value is -0.330. The second-order valence-electron chi connectivity index (χ2n) is 5.57. The minimum atomic E-state index is -3.65. The summed E-state index contributed by atoms with van der Waals surface area (Å²) in [5.74, 6) is 0.983. The van der Waals surface area contributed by atoms with Gasteiger partial charge in [0.25, 0.3) is 0 Å². The molecule has 0 spiro atoms. The topological polar surface area (TPSA) is 58.2 Å². The molecule has 118 valence electrons. The second-order valence-corrected chi connectivity index (χ2v) is 8.12. The van der Waals surface area contributed by atoms with Gasteiger partial charge in [-0.15, -0.1) is 0 Å². The van der Waals surface area contributed by atoms with Crippen molar-refractivity contribution in [3.63, 3.8) is 0 Å². The summed E-state index contributed by atoms with van der Waals surface area (Å²) in [7, 11) is -1.88. The van der Waals surface area contributed by atoms with Gasteiger partial charge in [-0.2, -0.15) is 0 Å². The molecule has 21 heavy (non-hydrogen) atoms. The third-order valence-corrected chi connectivity index (χ3v) is 5.98. The van der Waals surface area contributed by atoms with E-state index in [1.54, 1.807) is 13.1 Å². The van der Waals surface area contributed by atoms with Crippen LogP contribution in [-0.2, 0) is 16.6 Å². The summed E-state index contributed by atoms with van der Waals surface area (Å²) in [4.78, 5) is 0.0462. The van der Waals surface area contributed by atoms with Crippen LogP contribution in [0.4, 0.5) is 0 Å². The zero-order valence-electron chi connectivity index (χ0n) is 12.1. The van der Waals surface area contributed by atoms with E-state index in [-0.39, 0.29) is 9.92 Å². The van der Waals surface area contributed by atoms with Crippen LogP contribution in [0, 0.1) is 11.8 Å². The van der Waals surface area contributed by atoms with Gasteiger partial charge in [0.15, 0.2) is 0 Å². The Morgan fingerprint density at radius 3 is 2.57 bits per heavy atom. The molecular weight excluding hydrogens is 331 g/mol. The van der Waals surface area contributed by atoms with E-state index in [1.807, 2.05) is 0 Å². The van der Waals surface area contributed by atoms with Crippen LogP contribution in [0.5, 0.6) is 0 Å². The van der Waals surface area contributed by atoms with Crippen molar-refractivity contribution < 1.29 is 8.42 Å². The van der Waals surface area contributed by atoms with Crippen molar-refractivity contribution >= 4 is 33.2 Å². The Morgan fingerprint density at radius 2 is 2.00 bits per heavy atom. The highest BCUT2D eigenvalue weighted by Gasteiger charge is 2.29. The molecule has 1 fully saturated rings. The van der Waals surface area contributed by atoms with Crippen LogP contribution in [0.25, 0.3) is 0 Å². The second kappa shape index (κ2) is 6.84. The summed E-state index contributed by atoms with van der Waals surface area (Å²) in [6.45, 7) is 2.95. The Labute approximate surface area is 136 Å². The quantitative estimate of drug-likeness (QED) is 0.794. The maximum atomic E-state index is 12.4. The van der Waals surface area contributed by atoms with Gasteiger partial charge in [0.2, 0.25) is 10.0 Å². The maximum absolute atomic E-state index is 12.4. The van der Waals surface area contributed by atoms with E-state index in [4.69, 9.17) is 23.2 Å². The van der Waals surface area contributed by atoms with Crippen molar-refractivity contribution in [2.75, 3.05) is 13.6 Å². The SMILES string of the molecule is CNCc1cc(Cl)cc(S(=O)(=O)NCC(C)C2CC2)c1Cl. The fourth-order valence-electron chi connectivity index (χ4n) is 2.28. The minimum absolute atomic E-state index is 0.0462. The molecule has 1 aliphatic rings.